The number of carbonyl (C=O) groups is 2. The Morgan fingerprint density at radius 1 is 0.917 bits per heavy atom. The number of aliphatic hydroxyl groups is 1. The van der Waals surface area contributed by atoms with Gasteiger partial charge in [0, 0.05) is 22.6 Å². The second-order valence-electron chi connectivity index (χ2n) is 8.34. The number of esters is 1. The first-order chi connectivity index (χ1) is 17.4. The topological polar surface area (TPSA) is 92.9 Å². The zero-order valence-corrected chi connectivity index (χ0v) is 20.3. The maximum absolute atomic E-state index is 13.2. The molecule has 1 heterocycles. The third kappa shape index (κ3) is 4.69. The first kappa shape index (κ1) is 24.6. The second kappa shape index (κ2) is 10.4. The Labute approximate surface area is 209 Å². The molecule has 0 fully saturated rings. The summed E-state index contributed by atoms with van der Waals surface area (Å²) in [6, 6.07) is 26.6. The molecule has 182 valence electrons. The fourth-order valence-electron chi connectivity index (χ4n) is 4.21. The number of nitrogens with one attached hydrogen (secondary N) is 1. The molecule has 0 saturated carbocycles. The minimum Gasteiger partial charge on any atom is -0.465 e. The highest BCUT2D eigenvalue weighted by atomic mass is 16.5. The van der Waals surface area contributed by atoms with Crippen LogP contribution in [-0.4, -0.2) is 34.9 Å². The number of hydrazone groups is 1. The van der Waals surface area contributed by atoms with E-state index in [-0.39, 0.29) is 0 Å². The number of ether oxygens (including phenoxy) is 1. The molecule has 2 N–H and O–H groups in total. The fourth-order valence-corrected chi connectivity index (χ4v) is 4.21. The quantitative estimate of drug-likeness (QED) is 0.234. The van der Waals surface area contributed by atoms with Gasteiger partial charge in [-0.25, -0.2) is 10.2 Å². The molecular weight excluding hydrogens is 454 g/mol. The molecule has 0 spiro atoms. The normalized spacial score (nSPS) is 11.4. The zero-order valence-electron chi connectivity index (χ0n) is 20.3. The number of nitrogens with zero attached hydrogens (tertiary/aromatic N) is 2. The van der Waals surface area contributed by atoms with Gasteiger partial charge in [0.15, 0.2) is 5.60 Å². The van der Waals surface area contributed by atoms with Crippen molar-refractivity contribution in [3.63, 3.8) is 0 Å². The molecule has 0 saturated heterocycles. The van der Waals surface area contributed by atoms with Crippen molar-refractivity contribution in [3.05, 3.63) is 125 Å². The van der Waals surface area contributed by atoms with E-state index in [9.17, 15) is 14.7 Å². The van der Waals surface area contributed by atoms with E-state index >= 15 is 0 Å². The van der Waals surface area contributed by atoms with Crippen molar-refractivity contribution in [1.29, 1.82) is 0 Å². The minimum atomic E-state index is -1.90. The van der Waals surface area contributed by atoms with Gasteiger partial charge in [0.1, 0.15) is 0 Å². The maximum atomic E-state index is 13.2. The Kier molecular flexibility index (Phi) is 7.12. The predicted molar refractivity (Wildman–Crippen MR) is 138 cm³/mol. The summed E-state index contributed by atoms with van der Waals surface area (Å²) in [5, 5.41) is 15.7. The molecule has 0 aliphatic carbocycles. The van der Waals surface area contributed by atoms with Crippen molar-refractivity contribution in [2.45, 2.75) is 19.4 Å². The van der Waals surface area contributed by atoms with Gasteiger partial charge in [0.2, 0.25) is 0 Å². The largest absolute Gasteiger partial charge is 0.465 e. The van der Waals surface area contributed by atoms with Crippen LogP contribution in [0, 0.1) is 13.8 Å². The van der Waals surface area contributed by atoms with Gasteiger partial charge in [-0.2, -0.15) is 5.10 Å². The maximum Gasteiger partial charge on any atom is 0.337 e. The van der Waals surface area contributed by atoms with Crippen LogP contribution in [0.2, 0.25) is 0 Å². The lowest BCUT2D eigenvalue weighted by Crippen LogP contribution is -2.43. The van der Waals surface area contributed by atoms with Crippen molar-refractivity contribution in [2.24, 2.45) is 5.10 Å². The highest BCUT2D eigenvalue weighted by Crippen LogP contribution is 2.30. The number of carbonyl (C=O) groups excluding carboxylic acids is 2. The minimum absolute atomic E-state index is 0.392. The Hall–Kier alpha value is -4.49. The molecule has 1 amide bonds. The molecule has 3 aromatic carbocycles. The van der Waals surface area contributed by atoms with Crippen molar-refractivity contribution in [1.82, 2.24) is 9.99 Å². The molecule has 1 aromatic heterocycles. The van der Waals surface area contributed by atoms with Gasteiger partial charge in [0.05, 0.1) is 18.9 Å². The second-order valence-corrected chi connectivity index (χ2v) is 8.34. The summed E-state index contributed by atoms with van der Waals surface area (Å²) in [7, 11) is 1.35. The van der Waals surface area contributed by atoms with Crippen molar-refractivity contribution in [2.75, 3.05) is 7.11 Å². The number of methoxy groups -OCH3 is 1. The molecule has 0 bridgehead atoms. The SMILES string of the molecule is COC(=O)c1ccc(-n2c(C)cc(/C=N/NC(=O)C(O)(c3ccccc3)c3ccccc3)c2C)cc1. The first-order valence-electron chi connectivity index (χ1n) is 11.4. The highest BCUT2D eigenvalue weighted by Gasteiger charge is 2.39. The predicted octanol–water partition coefficient (Wildman–Crippen LogP) is 4.27. The number of hydrogen-bond acceptors (Lipinski definition) is 5. The number of aryl methyl sites for hydroxylation is 1. The summed E-state index contributed by atoms with van der Waals surface area (Å²) >= 11 is 0. The lowest BCUT2D eigenvalue weighted by Gasteiger charge is -2.27. The highest BCUT2D eigenvalue weighted by molar-refractivity contribution is 5.91. The zero-order chi connectivity index (χ0) is 25.7. The van der Waals surface area contributed by atoms with E-state index in [2.05, 4.69) is 10.5 Å². The van der Waals surface area contributed by atoms with Crippen LogP contribution in [0.4, 0.5) is 0 Å². The number of rotatable bonds is 7. The van der Waals surface area contributed by atoms with Crippen LogP contribution in [0.15, 0.2) is 96.1 Å². The van der Waals surface area contributed by atoms with Gasteiger partial charge in [-0.1, -0.05) is 60.7 Å². The van der Waals surface area contributed by atoms with Crippen LogP contribution in [0.5, 0.6) is 0 Å². The Morgan fingerprint density at radius 3 is 2.00 bits per heavy atom. The smallest absolute Gasteiger partial charge is 0.337 e. The van der Waals surface area contributed by atoms with E-state index in [0.717, 1.165) is 22.6 Å². The summed E-state index contributed by atoms with van der Waals surface area (Å²) in [5.41, 5.74) is 5.49. The lowest BCUT2D eigenvalue weighted by molar-refractivity contribution is -0.136. The van der Waals surface area contributed by atoms with Gasteiger partial charge >= 0.3 is 5.97 Å². The summed E-state index contributed by atoms with van der Waals surface area (Å²) < 4.78 is 6.78. The van der Waals surface area contributed by atoms with Gasteiger partial charge < -0.3 is 14.4 Å². The number of benzene rings is 3. The van der Waals surface area contributed by atoms with E-state index in [4.69, 9.17) is 4.74 Å². The molecule has 7 heteroatoms. The Balaban J connectivity index is 1.58. The summed E-state index contributed by atoms with van der Waals surface area (Å²) in [5.74, 6) is -1.06. The summed E-state index contributed by atoms with van der Waals surface area (Å²) in [6.45, 7) is 3.90. The number of amides is 1. The van der Waals surface area contributed by atoms with Crippen LogP contribution >= 0.6 is 0 Å². The van der Waals surface area contributed by atoms with Gasteiger partial charge in [0.25, 0.3) is 5.91 Å². The molecule has 0 unspecified atom stereocenters. The molecule has 7 nitrogen and oxygen atoms in total. The Morgan fingerprint density at radius 2 is 1.47 bits per heavy atom. The van der Waals surface area contributed by atoms with Crippen LogP contribution in [-0.2, 0) is 15.1 Å². The van der Waals surface area contributed by atoms with Crippen LogP contribution in [0.25, 0.3) is 5.69 Å². The van der Waals surface area contributed by atoms with Gasteiger partial charge in [-0.15, -0.1) is 0 Å². The molecule has 0 atom stereocenters. The molecular formula is C29H27N3O4. The molecule has 0 aliphatic heterocycles. The first-order valence-corrected chi connectivity index (χ1v) is 11.4. The van der Waals surface area contributed by atoms with Crippen LogP contribution in [0.3, 0.4) is 0 Å². The van der Waals surface area contributed by atoms with Gasteiger partial charge in [-0.3, -0.25) is 4.79 Å². The van der Waals surface area contributed by atoms with E-state index in [0.29, 0.717) is 16.7 Å². The molecule has 4 rings (SSSR count). The number of aromatic nitrogens is 1. The fraction of sp³-hybridized carbons (Fsp3) is 0.138. The average molecular weight is 482 g/mol. The third-order valence-electron chi connectivity index (χ3n) is 6.10. The van der Waals surface area contributed by atoms with Crippen LogP contribution in [0.1, 0.15) is 38.4 Å². The summed E-state index contributed by atoms with van der Waals surface area (Å²) in [6.07, 6.45) is 1.55. The molecule has 36 heavy (non-hydrogen) atoms. The van der Waals surface area contributed by atoms with E-state index in [1.54, 1.807) is 66.9 Å². The lowest BCUT2D eigenvalue weighted by atomic mass is 9.85. The van der Waals surface area contributed by atoms with Gasteiger partial charge in [-0.05, 0) is 55.3 Å². The van der Waals surface area contributed by atoms with Crippen molar-refractivity contribution < 1.29 is 19.4 Å². The van der Waals surface area contributed by atoms with E-state index in [1.165, 1.54) is 7.11 Å². The van der Waals surface area contributed by atoms with E-state index < -0.39 is 17.5 Å². The number of hydrogen-bond donors (Lipinski definition) is 2. The molecule has 0 aliphatic rings. The van der Waals surface area contributed by atoms with Crippen molar-refractivity contribution >= 4 is 18.1 Å². The van der Waals surface area contributed by atoms with E-state index in [1.807, 2.05) is 48.7 Å². The average Bonchev–Trinajstić information content (AvgIpc) is 3.21. The molecule has 4 aromatic rings. The Bertz CT molecular complexity index is 1350. The summed E-state index contributed by atoms with van der Waals surface area (Å²) in [4.78, 5) is 25.0. The molecule has 0 radical (unpaired) electrons. The third-order valence-corrected chi connectivity index (χ3v) is 6.10. The van der Waals surface area contributed by atoms with Crippen molar-refractivity contribution in [3.8, 4) is 5.69 Å². The standard InChI is InChI=1S/C29H27N3O4/c1-20-18-23(21(2)32(20)26-16-14-22(15-17-26)27(33)36-3)19-30-31-28(34)29(35,24-10-6-4-7-11-24)25-12-8-5-9-13-25/h4-19,35H,1-3H3,(H,31,34)/b30-19+. The monoisotopic (exact) mass is 481 g/mol. The van der Waals surface area contributed by atoms with Crippen LogP contribution < -0.4 is 5.43 Å².